The number of hydrogen-bond acceptors (Lipinski definition) is 4. The molecule has 3 N–H and O–H groups in total. The van der Waals surface area contributed by atoms with Crippen LogP contribution in [0.1, 0.15) is 31.4 Å². The molecular weight excluding hydrogens is 453 g/mol. The van der Waals surface area contributed by atoms with Crippen LogP contribution in [0.25, 0.3) is 11.1 Å². The summed E-state index contributed by atoms with van der Waals surface area (Å²) in [5.41, 5.74) is -0.0831. The second-order valence-electron chi connectivity index (χ2n) is 8.55. The predicted octanol–water partition coefficient (Wildman–Crippen LogP) is 3.90. The number of aliphatic hydroxyl groups excluding tert-OH is 1. The highest BCUT2D eigenvalue weighted by atomic mass is 19.4. The third-order valence-corrected chi connectivity index (χ3v) is 5.55. The molecular formula is C24H23F3N2O5. The molecule has 10 heteroatoms. The van der Waals surface area contributed by atoms with Gasteiger partial charge in [-0.15, -0.1) is 0 Å². The maximum Gasteiger partial charge on any atom is 0.416 e. The van der Waals surface area contributed by atoms with Gasteiger partial charge in [0.25, 0.3) is 11.8 Å². The zero-order chi connectivity index (χ0) is 25.3. The van der Waals surface area contributed by atoms with E-state index >= 15 is 0 Å². The van der Waals surface area contributed by atoms with Crippen LogP contribution in [0.3, 0.4) is 0 Å². The number of benzene rings is 2. The van der Waals surface area contributed by atoms with Gasteiger partial charge in [-0.25, -0.2) is 0 Å². The first-order valence-electron chi connectivity index (χ1n) is 10.3. The summed E-state index contributed by atoms with van der Waals surface area (Å²) in [4.78, 5) is 37.5. The van der Waals surface area contributed by atoms with E-state index < -0.39 is 52.9 Å². The topological polar surface area (TPSA) is 107 Å². The van der Waals surface area contributed by atoms with E-state index in [0.29, 0.717) is 16.7 Å². The van der Waals surface area contributed by atoms with Crippen molar-refractivity contribution in [3.8, 4) is 11.1 Å². The maximum absolute atomic E-state index is 13.1. The lowest BCUT2D eigenvalue weighted by molar-refractivity contribution is -0.140. The number of aliphatic hydroxyl groups is 1. The smallest absolute Gasteiger partial charge is 0.416 e. The second-order valence-corrected chi connectivity index (χ2v) is 8.55. The van der Waals surface area contributed by atoms with E-state index in [9.17, 15) is 32.7 Å². The first-order chi connectivity index (χ1) is 15.8. The average molecular weight is 476 g/mol. The third-order valence-electron chi connectivity index (χ3n) is 5.55. The molecule has 2 aromatic rings. The predicted molar refractivity (Wildman–Crippen MR) is 116 cm³/mol. The van der Waals surface area contributed by atoms with Crippen molar-refractivity contribution in [1.29, 1.82) is 0 Å². The molecule has 0 saturated heterocycles. The molecule has 0 aromatic heterocycles. The van der Waals surface area contributed by atoms with Gasteiger partial charge in [-0.2, -0.15) is 13.2 Å². The average Bonchev–Trinajstić information content (AvgIpc) is 2.74. The highest BCUT2D eigenvalue weighted by molar-refractivity contribution is 6.19. The van der Waals surface area contributed by atoms with E-state index in [1.165, 1.54) is 17.0 Å². The van der Waals surface area contributed by atoms with Gasteiger partial charge < -0.3 is 20.4 Å². The van der Waals surface area contributed by atoms with Crippen LogP contribution in [0.5, 0.6) is 0 Å². The fourth-order valence-electron chi connectivity index (χ4n) is 3.72. The zero-order valence-corrected chi connectivity index (χ0v) is 18.4. The van der Waals surface area contributed by atoms with Crippen molar-refractivity contribution < 1.29 is 37.8 Å². The highest BCUT2D eigenvalue weighted by Gasteiger charge is 2.42. The molecule has 1 aliphatic heterocycles. The molecule has 34 heavy (non-hydrogen) atoms. The first kappa shape index (κ1) is 24.8. The van der Waals surface area contributed by atoms with Crippen molar-refractivity contribution in [3.05, 3.63) is 71.0 Å². The lowest BCUT2D eigenvalue weighted by atomic mass is 9.88. The van der Waals surface area contributed by atoms with Gasteiger partial charge in [-0.05, 0) is 42.7 Å². The van der Waals surface area contributed by atoms with Crippen LogP contribution in [0.4, 0.5) is 13.2 Å². The van der Waals surface area contributed by atoms with E-state index in [1.807, 2.05) is 0 Å². The van der Waals surface area contributed by atoms with E-state index in [-0.39, 0.29) is 13.0 Å². The number of carboxylic acid groups (broad SMARTS) is 1. The molecule has 0 bridgehead atoms. The van der Waals surface area contributed by atoms with Crippen LogP contribution < -0.4 is 5.32 Å². The van der Waals surface area contributed by atoms with Crippen LogP contribution >= 0.6 is 0 Å². The molecule has 0 spiro atoms. The van der Waals surface area contributed by atoms with Gasteiger partial charge in [0.1, 0.15) is 17.9 Å². The minimum atomic E-state index is -4.41. The van der Waals surface area contributed by atoms with Crippen LogP contribution in [0.2, 0.25) is 0 Å². The maximum atomic E-state index is 13.1. The second kappa shape index (κ2) is 9.20. The Morgan fingerprint density at radius 3 is 2.06 bits per heavy atom. The molecule has 0 unspecified atom stereocenters. The lowest BCUT2D eigenvalue weighted by Crippen LogP contribution is -2.53. The van der Waals surface area contributed by atoms with Gasteiger partial charge in [-0.1, -0.05) is 36.4 Å². The van der Waals surface area contributed by atoms with E-state index in [2.05, 4.69) is 5.32 Å². The monoisotopic (exact) mass is 476 g/mol. The fourth-order valence-corrected chi connectivity index (χ4v) is 3.72. The van der Waals surface area contributed by atoms with Gasteiger partial charge in [0.2, 0.25) is 0 Å². The number of amides is 2. The van der Waals surface area contributed by atoms with Crippen LogP contribution in [-0.2, 0) is 27.1 Å². The first-order valence-corrected chi connectivity index (χ1v) is 10.3. The van der Waals surface area contributed by atoms with E-state index in [1.54, 1.807) is 38.1 Å². The number of rotatable bonds is 6. The Balaban J connectivity index is 1.79. The SMILES string of the molecule is CC1(C)CC(O)=C(C(=O)NCC(=O)O)C(=O)N1Cc1ccc(-c2ccc(C(F)(F)F)cc2)cc1. The third kappa shape index (κ3) is 5.38. The summed E-state index contributed by atoms with van der Waals surface area (Å²) in [6.07, 6.45) is -4.42. The minimum absolute atomic E-state index is 0.00178. The Labute approximate surface area is 193 Å². The summed E-state index contributed by atoms with van der Waals surface area (Å²) >= 11 is 0. The molecule has 0 radical (unpaired) electrons. The Morgan fingerprint density at radius 1 is 1.03 bits per heavy atom. The Kier molecular flexibility index (Phi) is 6.72. The highest BCUT2D eigenvalue weighted by Crippen LogP contribution is 2.34. The normalized spacial score (nSPS) is 15.9. The quantitative estimate of drug-likeness (QED) is 0.549. The van der Waals surface area contributed by atoms with Crippen molar-refractivity contribution in [3.63, 3.8) is 0 Å². The van der Waals surface area contributed by atoms with Gasteiger partial charge in [0.05, 0.1) is 5.56 Å². The van der Waals surface area contributed by atoms with E-state index in [4.69, 9.17) is 5.11 Å². The largest absolute Gasteiger partial charge is 0.511 e. The molecule has 0 fully saturated rings. The number of nitrogens with one attached hydrogen (secondary N) is 1. The number of aliphatic carboxylic acids is 1. The molecule has 2 aromatic carbocycles. The van der Waals surface area contributed by atoms with Crippen molar-refractivity contribution in [2.24, 2.45) is 0 Å². The number of halogens is 3. The molecule has 1 heterocycles. The van der Waals surface area contributed by atoms with Crippen molar-refractivity contribution in [2.75, 3.05) is 6.54 Å². The Morgan fingerprint density at radius 2 is 1.56 bits per heavy atom. The van der Waals surface area contributed by atoms with Crippen molar-refractivity contribution in [1.82, 2.24) is 10.2 Å². The number of alkyl halides is 3. The molecule has 1 aliphatic rings. The zero-order valence-electron chi connectivity index (χ0n) is 18.4. The number of carbonyl (C=O) groups is 3. The minimum Gasteiger partial charge on any atom is -0.511 e. The van der Waals surface area contributed by atoms with Crippen LogP contribution in [0.15, 0.2) is 59.9 Å². The number of nitrogens with zero attached hydrogens (tertiary/aromatic N) is 1. The summed E-state index contributed by atoms with van der Waals surface area (Å²) in [5, 5.41) is 21.1. The molecule has 2 amide bonds. The molecule has 180 valence electrons. The number of carboxylic acids is 1. The van der Waals surface area contributed by atoms with Gasteiger partial charge in [-0.3, -0.25) is 14.4 Å². The van der Waals surface area contributed by atoms with Crippen LogP contribution in [-0.4, -0.2) is 45.0 Å². The van der Waals surface area contributed by atoms with Gasteiger partial charge in [0.15, 0.2) is 0 Å². The summed E-state index contributed by atoms with van der Waals surface area (Å²) in [7, 11) is 0. The summed E-state index contributed by atoms with van der Waals surface area (Å²) in [6.45, 7) is 2.85. The van der Waals surface area contributed by atoms with Gasteiger partial charge in [0, 0.05) is 18.5 Å². The van der Waals surface area contributed by atoms with Crippen LogP contribution in [0, 0.1) is 0 Å². The van der Waals surface area contributed by atoms with Crippen molar-refractivity contribution in [2.45, 2.75) is 38.5 Å². The standard InChI is InChI=1S/C24H23F3N2O5/c1-23(2)11-18(30)20(21(33)28-12-19(31)32)22(34)29(23)13-14-3-5-15(6-4-14)16-7-9-17(10-8-16)24(25,26)27/h3-10,30H,11-13H2,1-2H3,(H,28,33)(H,31,32). The molecule has 0 saturated carbocycles. The van der Waals surface area contributed by atoms with Gasteiger partial charge >= 0.3 is 12.1 Å². The molecule has 7 nitrogen and oxygen atoms in total. The molecule has 3 rings (SSSR count). The molecule has 0 atom stereocenters. The summed E-state index contributed by atoms with van der Waals surface area (Å²) in [6, 6.07) is 11.6. The Hall–Kier alpha value is -3.82. The summed E-state index contributed by atoms with van der Waals surface area (Å²) in [5.74, 6) is -3.40. The summed E-state index contributed by atoms with van der Waals surface area (Å²) < 4.78 is 38.3. The number of hydrogen-bond donors (Lipinski definition) is 3. The molecule has 0 aliphatic carbocycles. The number of carbonyl (C=O) groups excluding carboxylic acids is 2. The van der Waals surface area contributed by atoms with Crippen molar-refractivity contribution >= 4 is 17.8 Å². The lowest BCUT2D eigenvalue weighted by Gasteiger charge is -2.42. The van der Waals surface area contributed by atoms with E-state index in [0.717, 1.165) is 12.1 Å². The Bertz CT molecular complexity index is 1140. The fraction of sp³-hybridized carbons (Fsp3) is 0.292.